The molecular weight excluding hydrogens is 1650 g/mol. The SMILES string of the molecule is C/C=C(\C#N)c1cc(OCCCCCCCCCCCC)c(/C(C#N)=C/c2ccc3c(c2)c2cc(C)ccc2n3CCCCCCCCCCCC)cc1OCCCCCCCCCCCC.CCCCCCCCCCCCn1c2ccc(C=O)cc2c2cc(OC)ccc21.[C-]#[N+]Cc1cc(OCCCCCCCCCCCC)c(CC#N)cc1OCCCCCCCCCCCC. The lowest BCUT2D eigenvalue weighted by Gasteiger charge is -2.18. The molecule has 0 bridgehead atoms. The number of allylic oxidation sites excluding steroid dienone is 3. The van der Waals surface area contributed by atoms with Gasteiger partial charge in [-0.25, -0.2) is 6.57 Å². The summed E-state index contributed by atoms with van der Waals surface area (Å²) in [6.45, 7) is 29.8. The molecule has 0 atom stereocenters. The van der Waals surface area contributed by atoms with Crippen LogP contribution in [0, 0.1) is 47.5 Å². The molecule has 0 N–H and O–H groups in total. The fourth-order valence-electron chi connectivity index (χ4n) is 18.9. The van der Waals surface area contributed by atoms with E-state index in [-0.39, 0.29) is 6.54 Å². The van der Waals surface area contributed by atoms with Gasteiger partial charge in [-0.05, 0) is 149 Å². The first-order valence-electron chi connectivity index (χ1n) is 54.9. The second-order valence-corrected chi connectivity index (χ2v) is 38.4. The van der Waals surface area contributed by atoms with Gasteiger partial charge in [0.1, 0.15) is 35.0 Å². The summed E-state index contributed by atoms with van der Waals surface area (Å²) >= 11 is 0. The van der Waals surface area contributed by atoms with Gasteiger partial charge < -0.3 is 37.7 Å². The number of carbonyl (C=O) groups is 1. The van der Waals surface area contributed by atoms with Crippen molar-refractivity contribution >= 4 is 67.1 Å². The van der Waals surface area contributed by atoms with Gasteiger partial charge in [0.2, 0.25) is 6.54 Å². The number of carbonyl (C=O) groups excluding carboxylic acids is 1. The molecule has 134 heavy (non-hydrogen) atoms. The molecule has 0 aliphatic carbocycles. The van der Waals surface area contributed by atoms with Crippen molar-refractivity contribution in [2.24, 2.45) is 0 Å². The van der Waals surface area contributed by atoms with Crippen molar-refractivity contribution in [3.63, 3.8) is 0 Å². The summed E-state index contributed by atoms with van der Waals surface area (Å²) in [5.74, 6) is 3.60. The fraction of sp³-hybridized carbons (Fsp3) is 0.631. The van der Waals surface area contributed by atoms with Crippen LogP contribution in [0.2, 0.25) is 0 Å². The van der Waals surface area contributed by atoms with Gasteiger partial charge in [0.15, 0.2) is 0 Å². The minimum absolute atomic E-state index is 0.273. The average molecular weight is 1830 g/mol. The van der Waals surface area contributed by atoms with Crippen molar-refractivity contribution < 1.29 is 28.5 Å². The zero-order valence-corrected chi connectivity index (χ0v) is 86.2. The number of hydrogen-bond acceptors (Lipinski definition) is 9. The molecular formula is C122H182N6O6. The normalized spacial score (nSPS) is 11.5. The second-order valence-electron chi connectivity index (χ2n) is 38.4. The van der Waals surface area contributed by atoms with E-state index in [0.29, 0.717) is 61.1 Å². The fourth-order valence-corrected chi connectivity index (χ4v) is 18.9. The first-order chi connectivity index (χ1) is 66.0. The third-order valence-corrected chi connectivity index (χ3v) is 27.0. The number of aryl methyl sites for hydroxylation is 3. The summed E-state index contributed by atoms with van der Waals surface area (Å²) < 4.78 is 35.7. The molecule has 8 rings (SSSR count). The Hall–Kier alpha value is -8.97. The Labute approximate surface area is 816 Å². The Morgan fingerprint density at radius 1 is 0.343 bits per heavy atom. The largest absolute Gasteiger partial charge is 0.497 e. The highest BCUT2D eigenvalue weighted by molar-refractivity contribution is 6.11. The molecule has 0 spiro atoms. The van der Waals surface area contributed by atoms with E-state index >= 15 is 0 Å². The van der Waals surface area contributed by atoms with Crippen LogP contribution < -0.4 is 23.7 Å². The number of methoxy groups -OCH3 is 1. The Morgan fingerprint density at radius 2 is 0.642 bits per heavy atom. The lowest BCUT2D eigenvalue weighted by atomic mass is 9.97. The van der Waals surface area contributed by atoms with Crippen LogP contribution in [0.4, 0.5) is 0 Å². The van der Waals surface area contributed by atoms with Crippen LogP contribution in [0.15, 0.2) is 103 Å². The second kappa shape index (κ2) is 74.2. The van der Waals surface area contributed by atoms with Crippen LogP contribution in [0.25, 0.3) is 65.7 Å². The monoisotopic (exact) mass is 1830 g/mol. The molecule has 0 radical (unpaired) electrons. The highest BCUT2D eigenvalue weighted by atomic mass is 16.5. The molecule has 0 unspecified atom stereocenters. The number of hydrogen-bond donors (Lipinski definition) is 0. The number of fused-ring (bicyclic) bond motifs is 6. The van der Waals surface area contributed by atoms with Crippen molar-refractivity contribution in [3.05, 3.63) is 153 Å². The van der Waals surface area contributed by atoms with Crippen molar-refractivity contribution in [3.8, 4) is 47.0 Å². The van der Waals surface area contributed by atoms with E-state index in [4.69, 9.17) is 30.3 Å². The van der Waals surface area contributed by atoms with Gasteiger partial charge in [0, 0.05) is 79.0 Å². The van der Waals surface area contributed by atoms with Crippen LogP contribution in [0.1, 0.15) is 477 Å². The van der Waals surface area contributed by atoms with Gasteiger partial charge in [0.25, 0.3) is 0 Å². The Balaban J connectivity index is 0.000000345. The maximum Gasteiger partial charge on any atom is 0.243 e. The van der Waals surface area contributed by atoms with E-state index in [1.165, 1.54) is 385 Å². The summed E-state index contributed by atoms with van der Waals surface area (Å²) in [6, 6.07) is 40.8. The van der Waals surface area contributed by atoms with Crippen molar-refractivity contribution in [2.75, 3.05) is 33.5 Å². The highest BCUT2D eigenvalue weighted by Crippen LogP contribution is 2.41. The zero-order chi connectivity index (χ0) is 95.7. The lowest BCUT2D eigenvalue weighted by molar-refractivity contribution is 0.112. The van der Waals surface area contributed by atoms with Crippen LogP contribution in [0.5, 0.6) is 28.7 Å². The molecule has 6 aromatic carbocycles. The molecule has 0 aliphatic heterocycles. The van der Waals surface area contributed by atoms with Crippen molar-refractivity contribution in [1.82, 2.24) is 9.13 Å². The van der Waals surface area contributed by atoms with Crippen LogP contribution >= 0.6 is 0 Å². The number of nitriles is 3. The molecule has 12 nitrogen and oxygen atoms in total. The molecule has 0 saturated carbocycles. The summed E-state index contributed by atoms with van der Waals surface area (Å²) in [6.07, 6.45) is 82.7. The van der Waals surface area contributed by atoms with E-state index in [2.05, 4.69) is 135 Å². The minimum Gasteiger partial charge on any atom is -0.497 e. The molecule has 0 aliphatic rings. The van der Waals surface area contributed by atoms with Crippen molar-refractivity contribution in [1.29, 1.82) is 15.8 Å². The van der Waals surface area contributed by atoms with Gasteiger partial charge in [0.05, 0.1) is 74.9 Å². The van der Waals surface area contributed by atoms with Crippen molar-refractivity contribution in [2.45, 2.75) is 467 Å². The van der Waals surface area contributed by atoms with Gasteiger partial charge in [-0.2, -0.15) is 15.8 Å². The Morgan fingerprint density at radius 3 is 0.985 bits per heavy atom. The lowest BCUT2D eigenvalue weighted by Crippen LogP contribution is -2.05. The first-order valence-corrected chi connectivity index (χ1v) is 54.9. The summed E-state index contributed by atoms with van der Waals surface area (Å²) in [5.41, 5.74) is 12.1. The van der Waals surface area contributed by atoms with Gasteiger partial charge >= 0.3 is 0 Å². The molecule has 0 fully saturated rings. The van der Waals surface area contributed by atoms with E-state index in [1.807, 2.05) is 61.5 Å². The first kappa shape index (κ1) is 114. The number of nitrogens with zero attached hydrogens (tertiary/aromatic N) is 6. The molecule has 736 valence electrons. The van der Waals surface area contributed by atoms with E-state index in [0.717, 1.165) is 114 Å². The Bertz CT molecular complexity index is 4650. The number of rotatable bonds is 77. The minimum atomic E-state index is 0.273. The maximum absolute atomic E-state index is 11.3. The molecule has 2 heterocycles. The predicted octanol–water partition coefficient (Wildman–Crippen LogP) is 37.9. The highest BCUT2D eigenvalue weighted by Gasteiger charge is 2.22. The molecule has 0 saturated heterocycles. The predicted molar refractivity (Wildman–Crippen MR) is 574 cm³/mol. The molecule has 8 aromatic rings. The van der Waals surface area contributed by atoms with E-state index in [1.54, 1.807) is 7.11 Å². The maximum atomic E-state index is 11.3. The average Bonchev–Trinajstić information content (AvgIpc) is 1.60. The standard InChI is InChI=1S/C62H91N3O2.C34H56N2O2.C26H35NO2/c1-6-10-13-16-19-22-25-28-31-34-41-65-59-39-37-51(5)44-57(59)58-46-52(38-40-60(58)65)45-54(50-64)56-48-61(66-42-35-32-29-26-23-20-17-14-11-7-2)55(53(9-4)49-63)47-62(56)67-43-36-33-30-27-24-21-18-15-12-8-3;1-4-6-8-10-12-14-16-18-20-22-26-37-33-29-32(30-36-3)34(28-31(33)24-25-35)38-27-23-21-19-17-15-13-11-9-7-5-2;1-3-4-5-6-7-8-9-10-11-12-17-27-25-15-13-21(20-28)18-23(25)24-19-22(29-2)14-16-26(24)27/h9,37-40,44-48H,6-8,10-36,41-43H2,1-5H3;28-29H,4-24,26-27,30H2,1-2H3;13-16,18-20H,3-12,17H2,1-2H3/b53-9+,54-45+;;. The van der Waals surface area contributed by atoms with Crippen LogP contribution in [-0.4, -0.2) is 49.0 Å². The van der Waals surface area contributed by atoms with Gasteiger partial charge in [-0.3, -0.25) is 4.79 Å². The zero-order valence-electron chi connectivity index (χ0n) is 86.2. The quantitative estimate of drug-likeness (QED) is 0.0119. The summed E-state index contributed by atoms with van der Waals surface area (Å²) in [4.78, 5) is 14.9. The van der Waals surface area contributed by atoms with Gasteiger partial charge in [-0.15, -0.1) is 0 Å². The third kappa shape index (κ3) is 44.4. The van der Waals surface area contributed by atoms with E-state index < -0.39 is 0 Å². The van der Waals surface area contributed by atoms with Crippen LogP contribution in [0.3, 0.4) is 0 Å². The van der Waals surface area contributed by atoms with Crippen LogP contribution in [-0.2, 0) is 26.1 Å². The number of benzene rings is 6. The third-order valence-electron chi connectivity index (χ3n) is 27.0. The molecule has 12 heteroatoms. The summed E-state index contributed by atoms with van der Waals surface area (Å²) in [7, 11) is 1.70. The number of unbranched alkanes of at least 4 members (excludes halogenated alkanes) is 54. The van der Waals surface area contributed by atoms with Gasteiger partial charge in [-0.1, -0.05) is 412 Å². The number of ether oxygens (including phenoxy) is 5. The molecule has 2 aromatic heterocycles. The number of aromatic nitrogens is 2. The Kier molecular flexibility index (Phi) is 63.0. The summed E-state index contributed by atoms with van der Waals surface area (Å²) in [5, 5.41) is 35.3. The molecule has 0 amide bonds. The number of aldehydes is 1. The van der Waals surface area contributed by atoms with E-state index in [9.17, 15) is 20.6 Å². The smallest absolute Gasteiger partial charge is 0.243 e. The topological polar surface area (TPSA) is 149 Å².